The predicted molar refractivity (Wildman–Crippen MR) is 87.3 cm³/mol. The van der Waals surface area contributed by atoms with E-state index < -0.39 is 0 Å². The van der Waals surface area contributed by atoms with Crippen LogP contribution in [0.25, 0.3) is 0 Å². The van der Waals surface area contributed by atoms with Crippen LogP contribution in [-0.4, -0.2) is 0 Å². The maximum Gasteiger partial charge on any atom is 0.0371 e. The topological polar surface area (TPSA) is 64.1 Å². The Labute approximate surface area is 122 Å². The Hall–Kier alpha value is -1.74. The maximum atomic E-state index is 5.82. The number of nitrogens with one attached hydrogen (secondary N) is 1. The molecular weight excluding hydrogens is 246 g/mol. The lowest BCUT2D eigenvalue weighted by atomic mass is 9.82. The largest absolute Gasteiger partial charge is 0.405 e. The molecule has 0 unspecified atom stereocenters. The van der Waals surface area contributed by atoms with Crippen molar-refractivity contribution in [2.75, 3.05) is 0 Å². The van der Waals surface area contributed by atoms with Gasteiger partial charge in [0.2, 0.25) is 0 Å². The minimum atomic E-state index is 0.472. The first-order valence-corrected chi connectivity index (χ1v) is 7.23. The highest BCUT2D eigenvalue weighted by Gasteiger charge is 2.22. The molecule has 1 aliphatic rings. The highest BCUT2D eigenvalue weighted by molar-refractivity contribution is 5.53. The monoisotopic (exact) mass is 273 g/mol. The fourth-order valence-electron chi connectivity index (χ4n) is 2.87. The zero-order valence-electron chi connectivity index (χ0n) is 12.5. The fraction of sp³-hybridized carbons (Fsp3) is 0.412. The maximum absolute atomic E-state index is 5.82. The number of hydrazine groups is 1. The third kappa shape index (κ3) is 4.14. The molecule has 0 radical (unpaired) electrons. The van der Waals surface area contributed by atoms with Gasteiger partial charge in [0.05, 0.1) is 0 Å². The minimum absolute atomic E-state index is 0.472. The average molecular weight is 273 g/mol. The van der Waals surface area contributed by atoms with Gasteiger partial charge in [-0.15, -0.1) is 0 Å². The summed E-state index contributed by atoms with van der Waals surface area (Å²) in [5.41, 5.74) is 12.6. The van der Waals surface area contributed by atoms with Gasteiger partial charge in [0.25, 0.3) is 0 Å². The van der Waals surface area contributed by atoms with Crippen LogP contribution >= 0.6 is 0 Å². The zero-order chi connectivity index (χ0) is 15.0. The Morgan fingerprint density at radius 1 is 1.25 bits per heavy atom. The Morgan fingerprint density at radius 3 is 2.35 bits per heavy atom. The number of allylic oxidation sites excluding steroid dienone is 7. The lowest BCUT2D eigenvalue weighted by Crippen LogP contribution is -2.30. The van der Waals surface area contributed by atoms with Gasteiger partial charge in [0.1, 0.15) is 0 Å². The standard InChI is InChI=1S/C17H27N3/c1-4-8-14(11-12-18)16(13(2)3)17(20-19)15-9-6-5-7-10-15/h4,8,11-12,15,20H,1-2,5-7,9-10,18-19H2,3H3/b12-11-,14-8+,17-16+. The molecule has 5 N–H and O–H groups in total. The van der Waals surface area contributed by atoms with Crippen molar-refractivity contribution in [1.82, 2.24) is 5.43 Å². The molecule has 0 aromatic heterocycles. The van der Waals surface area contributed by atoms with Crippen LogP contribution in [0.5, 0.6) is 0 Å². The molecule has 3 heteroatoms. The predicted octanol–water partition coefficient (Wildman–Crippen LogP) is 3.45. The van der Waals surface area contributed by atoms with Gasteiger partial charge >= 0.3 is 0 Å². The molecule has 1 fully saturated rings. The van der Waals surface area contributed by atoms with E-state index in [-0.39, 0.29) is 0 Å². The van der Waals surface area contributed by atoms with Crippen LogP contribution in [0.2, 0.25) is 0 Å². The first-order chi connectivity index (χ1) is 9.65. The smallest absolute Gasteiger partial charge is 0.0371 e. The summed E-state index contributed by atoms with van der Waals surface area (Å²) < 4.78 is 0. The van der Waals surface area contributed by atoms with Crippen molar-refractivity contribution < 1.29 is 0 Å². The van der Waals surface area contributed by atoms with E-state index >= 15 is 0 Å². The Balaban J connectivity index is 3.30. The summed E-state index contributed by atoms with van der Waals surface area (Å²) in [6.45, 7) is 9.87. The van der Waals surface area contributed by atoms with Gasteiger partial charge in [-0.1, -0.05) is 44.6 Å². The van der Waals surface area contributed by atoms with Crippen LogP contribution in [0.4, 0.5) is 0 Å². The van der Waals surface area contributed by atoms with Crippen LogP contribution < -0.4 is 17.0 Å². The lowest BCUT2D eigenvalue weighted by molar-refractivity contribution is 0.385. The van der Waals surface area contributed by atoms with Gasteiger partial charge in [-0.2, -0.15) is 0 Å². The van der Waals surface area contributed by atoms with Crippen molar-refractivity contribution >= 4 is 0 Å². The molecule has 1 saturated carbocycles. The molecule has 0 saturated heterocycles. The molecule has 3 nitrogen and oxygen atoms in total. The third-order valence-corrected chi connectivity index (χ3v) is 3.73. The van der Waals surface area contributed by atoms with Crippen molar-refractivity contribution in [3.8, 4) is 0 Å². The van der Waals surface area contributed by atoms with E-state index in [9.17, 15) is 0 Å². The summed E-state index contributed by atoms with van der Waals surface area (Å²) in [4.78, 5) is 0. The summed E-state index contributed by atoms with van der Waals surface area (Å²) in [7, 11) is 0. The van der Waals surface area contributed by atoms with Gasteiger partial charge < -0.3 is 11.2 Å². The van der Waals surface area contributed by atoms with Crippen LogP contribution in [-0.2, 0) is 0 Å². The van der Waals surface area contributed by atoms with Crippen molar-refractivity contribution in [2.45, 2.75) is 39.0 Å². The van der Waals surface area contributed by atoms with Crippen molar-refractivity contribution in [3.63, 3.8) is 0 Å². The summed E-state index contributed by atoms with van der Waals surface area (Å²) in [5, 5.41) is 0. The molecule has 0 spiro atoms. The summed E-state index contributed by atoms with van der Waals surface area (Å²) >= 11 is 0. The highest BCUT2D eigenvalue weighted by atomic mass is 15.2. The van der Waals surface area contributed by atoms with Gasteiger partial charge in [-0.25, -0.2) is 0 Å². The fourth-order valence-corrected chi connectivity index (χ4v) is 2.87. The Kier molecular flexibility index (Phi) is 6.88. The van der Waals surface area contributed by atoms with Crippen LogP contribution in [0, 0.1) is 5.92 Å². The van der Waals surface area contributed by atoms with Gasteiger partial charge in [0.15, 0.2) is 0 Å². The normalized spacial score (nSPS) is 18.8. The third-order valence-electron chi connectivity index (χ3n) is 3.73. The van der Waals surface area contributed by atoms with E-state index in [2.05, 4.69) is 18.6 Å². The van der Waals surface area contributed by atoms with E-state index in [0.29, 0.717) is 5.92 Å². The first kappa shape index (κ1) is 16.3. The second-order valence-corrected chi connectivity index (χ2v) is 5.27. The van der Waals surface area contributed by atoms with Crippen molar-refractivity contribution in [2.24, 2.45) is 17.5 Å². The van der Waals surface area contributed by atoms with E-state index in [1.165, 1.54) is 38.3 Å². The highest BCUT2D eigenvalue weighted by Crippen LogP contribution is 2.33. The molecular formula is C17H27N3. The molecule has 0 amide bonds. The molecule has 20 heavy (non-hydrogen) atoms. The molecule has 0 aromatic carbocycles. The van der Waals surface area contributed by atoms with Gasteiger partial charge in [0, 0.05) is 17.2 Å². The molecule has 1 rings (SSSR count). The van der Waals surface area contributed by atoms with Crippen molar-refractivity contribution in [3.05, 3.63) is 60.0 Å². The van der Waals surface area contributed by atoms with Crippen LogP contribution in [0.3, 0.4) is 0 Å². The van der Waals surface area contributed by atoms with Gasteiger partial charge in [-0.05, 0) is 43.2 Å². The van der Waals surface area contributed by atoms with Crippen LogP contribution in [0.1, 0.15) is 39.0 Å². The first-order valence-electron chi connectivity index (χ1n) is 7.23. The number of hydrogen-bond donors (Lipinski definition) is 3. The lowest BCUT2D eigenvalue weighted by Gasteiger charge is -2.27. The average Bonchev–Trinajstić information content (AvgIpc) is 2.45. The second kappa shape index (κ2) is 8.43. The Bertz CT molecular complexity index is 435. The number of hydrogen-bond acceptors (Lipinski definition) is 3. The molecule has 0 aromatic rings. The summed E-state index contributed by atoms with van der Waals surface area (Å²) in [6, 6.07) is 0. The van der Waals surface area contributed by atoms with E-state index in [1.54, 1.807) is 6.08 Å². The summed E-state index contributed by atoms with van der Waals surface area (Å²) in [6.07, 6.45) is 13.3. The quantitative estimate of drug-likeness (QED) is 0.394. The molecule has 0 atom stereocenters. The number of nitrogens with two attached hydrogens (primary N) is 2. The van der Waals surface area contributed by atoms with E-state index in [4.69, 9.17) is 11.6 Å². The van der Waals surface area contributed by atoms with Crippen LogP contribution in [0.15, 0.2) is 60.0 Å². The molecule has 0 aliphatic heterocycles. The second-order valence-electron chi connectivity index (χ2n) is 5.27. The Morgan fingerprint density at radius 2 is 1.90 bits per heavy atom. The van der Waals surface area contributed by atoms with E-state index in [1.807, 2.05) is 19.1 Å². The number of rotatable bonds is 6. The molecule has 1 aliphatic carbocycles. The van der Waals surface area contributed by atoms with E-state index in [0.717, 1.165) is 22.4 Å². The van der Waals surface area contributed by atoms with Crippen molar-refractivity contribution in [1.29, 1.82) is 0 Å². The minimum Gasteiger partial charge on any atom is -0.405 e. The SMILES string of the molecule is C=C/C=C(\C=C/N)C(/C(=C)C)=C(/NN)C1CCCCC1. The molecule has 110 valence electrons. The summed E-state index contributed by atoms with van der Waals surface area (Å²) in [5.74, 6) is 6.29. The zero-order valence-corrected chi connectivity index (χ0v) is 12.5. The molecule has 0 bridgehead atoms. The molecule has 0 heterocycles. The van der Waals surface area contributed by atoms with Gasteiger partial charge in [-0.3, -0.25) is 5.84 Å².